The number of hydrogen-bond donors (Lipinski definition) is 0. The number of para-hydroxylation sites is 2. The molecule has 0 saturated carbocycles. The largest absolute Gasteiger partial charge is 0.455 e. The molecule has 0 aliphatic heterocycles. The lowest BCUT2D eigenvalue weighted by molar-refractivity contribution is 0.669. The minimum absolute atomic E-state index is 0.0571. The molecule has 0 atom stereocenters. The van der Waals surface area contributed by atoms with E-state index in [1.165, 1.54) is 0 Å². The van der Waals surface area contributed by atoms with Gasteiger partial charge in [0, 0.05) is 38.4 Å². The van der Waals surface area contributed by atoms with Crippen LogP contribution in [0.5, 0.6) is 0 Å². The van der Waals surface area contributed by atoms with Gasteiger partial charge in [-0.25, -0.2) is 15.0 Å². The average Bonchev–Trinajstić information content (AvgIpc) is 3.93. The van der Waals surface area contributed by atoms with Crippen molar-refractivity contribution in [1.82, 2.24) is 19.5 Å². The van der Waals surface area contributed by atoms with Crippen LogP contribution in [0.4, 0.5) is 0 Å². The summed E-state index contributed by atoms with van der Waals surface area (Å²) in [5, 5.41) is 10.4. The Morgan fingerprint density at radius 1 is 0.371 bits per heavy atom. The first-order valence-corrected chi connectivity index (χ1v) is 20.5. The lowest BCUT2D eigenvalue weighted by Crippen LogP contribution is -2.01. The Hall–Kier alpha value is -8.41. The van der Waals surface area contributed by atoms with E-state index in [-0.39, 0.29) is 23.0 Å². The second-order valence-electron chi connectivity index (χ2n) is 15.6. The van der Waals surface area contributed by atoms with Crippen LogP contribution in [0.25, 0.3) is 127 Å². The summed E-state index contributed by atoms with van der Waals surface area (Å²) in [5.74, 6) is 0.424. The zero-order valence-electron chi connectivity index (χ0n) is 37.9. The zero-order valence-corrected chi connectivity index (χ0v) is 32.9. The van der Waals surface area contributed by atoms with Crippen LogP contribution < -0.4 is 0 Å². The number of rotatable bonds is 5. The molecular formula is C57H34N4O. The average molecular weight is 796 g/mol. The number of nitrogens with zero attached hydrogens (tertiary/aromatic N) is 4. The number of benzene rings is 10. The minimum Gasteiger partial charge on any atom is -0.455 e. The first kappa shape index (κ1) is 29.7. The summed E-state index contributed by atoms with van der Waals surface area (Å²) in [4.78, 5) is 15.3. The molecule has 0 aliphatic carbocycles. The molecule has 13 rings (SSSR count). The molecule has 10 aromatic carbocycles. The van der Waals surface area contributed by atoms with Crippen LogP contribution in [-0.4, -0.2) is 19.5 Å². The SMILES string of the molecule is [2H]c1c([2H])c([2H])c(-c2nc(-c3ccc4c5ccccc5c5ccccc5c4c3)nc(-c3cc(-n4c5ccccc5c5ccccc54)cc4c3oc3ccc(-c5ccccc5)cc34)n2)c([2H])c1[2H]. The molecule has 0 radical (unpaired) electrons. The third-order valence-corrected chi connectivity index (χ3v) is 12.1. The Labute approximate surface area is 362 Å². The first-order valence-electron chi connectivity index (χ1n) is 23.0. The third-order valence-electron chi connectivity index (χ3n) is 12.1. The van der Waals surface area contributed by atoms with Crippen molar-refractivity contribution in [3.05, 3.63) is 206 Å². The number of hydrogen-bond acceptors (Lipinski definition) is 4. The molecule has 0 amide bonds. The van der Waals surface area contributed by atoms with Crippen molar-refractivity contribution in [3.63, 3.8) is 0 Å². The van der Waals surface area contributed by atoms with E-state index >= 15 is 0 Å². The predicted molar refractivity (Wildman–Crippen MR) is 256 cm³/mol. The summed E-state index contributed by atoms with van der Waals surface area (Å²) in [7, 11) is 0. The van der Waals surface area contributed by atoms with Gasteiger partial charge in [0.2, 0.25) is 0 Å². The molecule has 0 N–H and O–H groups in total. The highest BCUT2D eigenvalue weighted by Crippen LogP contribution is 2.42. The van der Waals surface area contributed by atoms with Crippen molar-refractivity contribution in [2.45, 2.75) is 0 Å². The van der Waals surface area contributed by atoms with E-state index in [0.29, 0.717) is 22.3 Å². The second kappa shape index (κ2) is 13.6. The maximum absolute atomic E-state index is 9.08. The third kappa shape index (κ3) is 5.32. The zero-order chi connectivity index (χ0) is 45.1. The molecule has 5 heteroatoms. The van der Waals surface area contributed by atoms with Gasteiger partial charge in [-0.1, -0.05) is 164 Å². The molecule has 0 spiro atoms. The Kier molecular flexibility index (Phi) is 6.51. The van der Waals surface area contributed by atoms with Gasteiger partial charge in [-0.05, 0) is 85.9 Å². The van der Waals surface area contributed by atoms with Gasteiger partial charge in [-0.3, -0.25) is 0 Å². The second-order valence-corrected chi connectivity index (χ2v) is 15.6. The lowest BCUT2D eigenvalue weighted by Gasteiger charge is -2.14. The molecule has 0 aliphatic rings. The summed E-state index contributed by atoms with van der Waals surface area (Å²) in [6.07, 6.45) is 0. The Bertz CT molecular complexity index is 4120. The Morgan fingerprint density at radius 3 is 1.58 bits per heavy atom. The summed E-state index contributed by atoms with van der Waals surface area (Å²) in [6.45, 7) is 0. The number of fused-ring (bicyclic) bond motifs is 12. The minimum atomic E-state index is -0.500. The topological polar surface area (TPSA) is 56.7 Å². The van der Waals surface area contributed by atoms with E-state index < -0.39 is 30.2 Å². The smallest absolute Gasteiger partial charge is 0.167 e. The normalized spacial score (nSPS) is 13.0. The maximum atomic E-state index is 9.08. The lowest BCUT2D eigenvalue weighted by atomic mass is 9.93. The predicted octanol–water partition coefficient (Wildman–Crippen LogP) is 15.0. The first-order chi connectivity index (χ1) is 32.8. The standard InChI is InChI=1S/C57H34N4O/c1-3-15-35(16-4-1)37-28-30-53-48(31-37)49-33-39(61-51-25-13-11-23-45(51)46-24-12-14-26-52(46)61)34-50(54(49)62-53)57-59-55(36-17-5-2-6-18-36)58-56(60-57)38-27-29-44-42-21-8-7-19-40(42)41-20-9-10-22-43(41)47(44)32-38/h1-34H/i2D,5D,6D,17D,18D. The van der Waals surface area contributed by atoms with Gasteiger partial charge in [0.25, 0.3) is 0 Å². The van der Waals surface area contributed by atoms with E-state index in [2.05, 4.69) is 102 Å². The fourth-order valence-corrected chi connectivity index (χ4v) is 9.31. The fraction of sp³-hybridized carbons (Fsp3) is 0. The fourth-order valence-electron chi connectivity index (χ4n) is 9.31. The summed E-state index contributed by atoms with van der Waals surface area (Å²) in [6, 6.07) is 57.8. The van der Waals surface area contributed by atoms with Gasteiger partial charge in [-0.15, -0.1) is 0 Å². The molecule has 13 aromatic rings. The van der Waals surface area contributed by atoms with Crippen molar-refractivity contribution >= 4 is 76.1 Å². The van der Waals surface area contributed by atoms with Crippen LogP contribution in [-0.2, 0) is 0 Å². The van der Waals surface area contributed by atoms with Crippen LogP contribution in [0.3, 0.4) is 0 Å². The molecule has 3 heterocycles. The van der Waals surface area contributed by atoms with Crippen molar-refractivity contribution in [2.75, 3.05) is 0 Å². The van der Waals surface area contributed by atoms with Crippen molar-refractivity contribution < 1.29 is 11.3 Å². The Balaban J connectivity index is 1.14. The van der Waals surface area contributed by atoms with Gasteiger partial charge in [-0.2, -0.15) is 0 Å². The molecule has 0 fully saturated rings. The molecule has 5 nitrogen and oxygen atoms in total. The highest BCUT2D eigenvalue weighted by atomic mass is 16.3. The van der Waals surface area contributed by atoms with Crippen LogP contribution in [0.1, 0.15) is 6.85 Å². The van der Waals surface area contributed by atoms with Crippen molar-refractivity contribution in [3.8, 4) is 51.0 Å². The van der Waals surface area contributed by atoms with Crippen LogP contribution in [0, 0.1) is 0 Å². The summed E-state index contributed by atoms with van der Waals surface area (Å²) >= 11 is 0. The molecule has 3 aromatic heterocycles. The van der Waals surface area contributed by atoms with Crippen LogP contribution in [0.2, 0.25) is 0 Å². The van der Waals surface area contributed by atoms with E-state index in [0.717, 1.165) is 81.7 Å². The Morgan fingerprint density at radius 2 is 0.903 bits per heavy atom. The molecule has 0 saturated heterocycles. The summed E-state index contributed by atoms with van der Waals surface area (Å²) < 4.78 is 52.9. The highest BCUT2D eigenvalue weighted by Gasteiger charge is 2.22. The highest BCUT2D eigenvalue weighted by molar-refractivity contribution is 6.25. The monoisotopic (exact) mass is 795 g/mol. The van der Waals surface area contributed by atoms with Gasteiger partial charge >= 0.3 is 0 Å². The molecule has 0 unspecified atom stereocenters. The molecule has 288 valence electrons. The van der Waals surface area contributed by atoms with Gasteiger partial charge in [0.05, 0.1) is 23.5 Å². The van der Waals surface area contributed by atoms with Crippen molar-refractivity contribution in [1.29, 1.82) is 0 Å². The van der Waals surface area contributed by atoms with Crippen LogP contribution >= 0.6 is 0 Å². The van der Waals surface area contributed by atoms with Gasteiger partial charge < -0.3 is 8.98 Å². The van der Waals surface area contributed by atoms with Gasteiger partial charge in [0.1, 0.15) is 11.2 Å². The summed E-state index contributed by atoms with van der Waals surface area (Å²) in [5.41, 5.74) is 7.24. The molecule has 0 bridgehead atoms. The molecular weight excluding hydrogens is 757 g/mol. The maximum Gasteiger partial charge on any atom is 0.167 e. The molecule has 62 heavy (non-hydrogen) atoms. The van der Waals surface area contributed by atoms with E-state index in [9.17, 15) is 0 Å². The van der Waals surface area contributed by atoms with Crippen LogP contribution in [0.15, 0.2) is 211 Å². The van der Waals surface area contributed by atoms with E-state index in [4.69, 9.17) is 26.2 Å². The quantitative estimate of drug-likeness (QED) is 0.163. The van der Waals surface area contributed by atoms with Crippen molar-refractivity contribution in [2.24, 2.45) is 0 Å². The number of aromatic nitrogens is 4. The van der Waals surface area contributed by atoms with E-state index in [1.54, 1.807) is 0 Å². The van der Waals surface area contributed by atoms with E-state index in [1.807, 2.05) is 78.9 Å². The number of furan rings is 1. The van der Waals surface area contributed by atoms with Gasteiger partial charge in [0.15, 0.2) is 17.5 Å².